The molecule has 0 amide bonds. The Hall–Kier alpha value is -3.49. The van der Waals surface area contributed by atoms with E-state index in [1.54, 1.807) is 10.4 Å². The Kier molecular flexibility index (Phi) is 22.1. The Morgan fingerprint density at radius 3 is 0.714 bits per heavy atom. The Bertz CT molecular complexity index is 2150. The van der Waals surface area contributed by atoms with Crippen LogP contribution in [0.5, 0.6) is 0 Å². The summed E-state index contributed by atoms with van der Waals surface area (Å²) in [5.74, 6) is 0. The van der Waals surface area contributed by atoms with Crippen molar-refractivity contribution in [1.82, 2.24) is 0 Å². The Morgan fingerprint density at radius 1 is 0.304 bits per heavy atom. The quantitative estimate of drug-likeness (QED) is 0.120. The summed E-state index contributed by atoms with van der Waals surface area (Å²) < 4.78 is 0. The van der Waals surface area contributed by atoms with Crippen molar-refractivity contribution in [2.75, 3.05) is 0 Å². The summed E-state index contributed by atoms with van der Waals surface area (Å²) in [4.78, 5) is 0. The molecule has 0 unspecified atom stereocenters. The third-order valence-electron chi connectivity index (χ3n) is 8.60. The van der Waals surface area contributed by atoms with Gasteiger partial charge in [-0.05, 0) is 0 Å². The maximum Gasteiger partial charge on any atom is -0.0809 e. The molecule has 0 saturated heterocycles. The zero-order chi connectivity index (χ0) is 37.8. The summed E-state index contributed by atoms with van der Waals surface area (Å²) in [6.45, 7) is 4.73. The SMILES string of the molecule is C[Si](=[Hf+2])c1ccccc1.C[Si](=[Hf+2])c1ccccc1.Cl.Cl.c1ccc2[cH-]ccc2c1.c1ccc2[cH-]ccc2c1.c1ccc2[cH-]ccc2c1.c1ccc2[cH-]ccc2c1. The van der Waals surface area contributed by atoms with Gasteiger partial charge in [-0.3, -0.25) is 0 Å². The van der Waals surface area contributed by atoms with Crippen molar-refractivity contribution in [2.45, 2.75) is 13.1 Å². The van der Waals surface area contributed by atoms with Gasteiger partial charge in [0.15, 0.2) is 0 Å². The topological polar surface area (TPSA) is 0 Å². The molecule has 0 aliphatic heterocycles. The average Bonchev–Trinajstić information content (AvgIpc) is 4.07. The first-order chi connectivity index (χ1) is 26.5. The number of hydrogen-bond donors (Lipinski definition) is 0. The molecule has 10 aromatic rings. The molecule has 0 atom stereocenters. The van der Waals surface area contributed by atoms with Crippen LogP contribution in [0.15, 0.2) is 231 Å². The normalized spacial score (nSPS) is 9.54. The van der Waals surface area contributed by atoms with Crippen LogP contribution in [0.1, 0.15) is 0 Å². The van der Waals surface area contributed by atoms with Crippen molar-refractivity contribution in [3.63, 3.8) is 0 Å². The van der Waals surface area contributed by atoms with Crippen molar-refractivity contribution < 1.29 is 46.0 Å². The molecular formula is C50H46Cl2Hf2Si2. The molecule has 0 nitrogen and oxygen atoms in total. The standard InChI is InChI=1S/4C9H7.2C7H8Si.2ClH.2Hf/c4*1-2-5-9-7-3-6-8(9)4-1;2*1-8-7-5-3-2-4-6-7;;;;/h4*1-7H;2*2-6H,1H3;2*1H;;/q4*-1;;;;;2*+2. The van der Waals surface area contributed by atoms with Crippen LogP contribution in [-0.2, 0) is 46.0 Å². The predicted molar refractivity (Wildman–Crippen MR) is 248 cm³/mol. The molecule has 10 rings (SSSR count). The van der Waals surface area contributed by atoms with Gasteiger partial charge in [-0.1, -0.05) is 24.3 Å². The van der Waals surface area contributed by atoms with Crippen LogP contribution < -0.4 is 10.4 Å². The molecule has 6 heteroatoms. The van der Waals surface area contributed by atoms with Crippen LogP contribution in [0.4, 0.5) is 0 Å². The zero-order valence-electron chi connectivity index (χ0n) is 31.8. The molecule has 0 aliphatic carbocycles. The van der Waals surface area contributed by atoms with Gasteiger partial charge in [0, 0.05) is 0 Å². The summed E-state index contributed by atoms with van der Waals surface area (Å²) in [6.07, 6.45) is 0. The maximum atomic E-state index is 2.37. The van der Waals surface area contributed by atoms with Gasteiger partial charge in [-0.15, -0.1) is 143 Å². The third kappa shape index (κ3) is 15.8. The molecule has 0 radical (unpaired) electrons. The Labute approximate surface area is 375 Å². The van der Waals surface area contributed by atoms with E-state index in [1.165, 1.54) is 89.1 Å². The van der Waals surface area contributed by atoms with E-state index in [1.807, 2.05) is 0 Å². The largest absolute Gasteiger partial charge is 0.168 e. The van der Waals surface area contributed by atoms with E-state index in [-0.39, 0.29) is 35.8 Å². The fraction of sp³-hybridized carbons (Fsp3) is 0.0400. The molecule has 56 heavy (non-hydrogen) atoms. The maximum absolute atomic E-state index is 2.37. The minimum Gasteiger partial charge on any atom is -0.168 e. The van der Waals surface area contributed by atoms with Crippen molar-refractivity contribution in [1.29, 1.82) is 0 Å². The number of hydrogen-bond acceptors (Lipinski definition) is 0. The third-order valence-corrected chi connectivity index (χ3v) is 17.2. The Balaban J connectivity index is 0.000000179. The first kappa shape index (κ1) is 46.9. The van der Waals surface area contributed by atoms with Crippen LogP contribution in [0, 0.1) is 0 Å². The smallest absolute Gasteiger partial charge is 0.0809 e. The molecule has 0 spiro atoms. The molecule has 0 aromatic heterocycles. The number of rotatable bonds is 2. The van der Waals surface area contributed by atoms with Crippen LogP contribution in [-0.4, -0.2) is 11.0 Å². The van der Waals surface area contributed by atoms with Gasteiger partial charge >= 0.3 is 141 Å². The second-order valence-electron chi connectivity index (χ2n) is 12.6. The molecule has 276 valence electrons. The number of benzene rings is 6. The number of halogens is 2. The van der Waals surface area contributed by atoms with Gasteiger partial charge in [0.05, 0.1) is 0 Å². The van der Waals surface area contributed by atoms with E-state index in [4.69, 9.17) is 0 Å². The summed E-state index contributed by atoms with van der Waals surface area (Å²) in [6, 6.07) is 80.3. The van der Waals surface area contributed by atoms with E-state index < -0.39 is 0 Å². The van der Waals surface area contributed by atoms with Crippen LogP contribution >= 0.6 is 24.8 Å². The first-order valence-corrected chi connectivity index (χ1v) is 32.9. The van der Waals surface area contributed by atoms with Crippen LogP contribution in [0.25, 0.3) is 43.1 Å². The van der Waals surface area contributed by atoms with Crippen molar-refractivity contribution in [2.24, 2.45) is 0 Å². The van der Waals surface area contributed by atoms with Gasteiger partial charge in [-0.25, -0.2) is 0 Å². The van der Waals surface area contributed by atoms with Gasteiger partial charge in [0.1, 0.15) is 0 Å². The fourth-order valence-electron chi connectivity index (χ4n) is 5.66. The van der Waals surface area contributed by atoms with Crippen LogP contribution in [0.2, 0.25) is 13.1 Å². The van der Waals surface area contributed by atoms with Gasteiger partial charge in [-0.2, -0.15) is 70.1 Å². The minimum atomic E-state index is -0.0733. The van der Waals surface area contributed by atoms with Gasteiger partial charge < -0.3 is 0 Å². The monoisotopic (exact) mass is 1130 g/mol. The van der Waals surface area contributed by atoms with E-state index in [9.17, 15) is 0 Å². The van der Waals surface area contributed by atoms with Gasteiger partial charge in [0.25, 0.3) is 0 Å². The van der Waals surface area contributed by atoms with E-state index in [0.29, 0.717) is 0 Å². The van der Waals surface area contributed by atoms with Gasteiger partial charge in [0.2, 0.25) is 0 Å². The predicted octanol–water partition coefficient (Wildman–Crippen LogP) is 13.2. The summed E-state index contributed by atoms with van der Waals surface area (Å²) in [5, 5.41) is 13.8. The molecule has 0 heterocycles. The molecule has 0 bridgehead atoms. The Morgan fingerprint density at radius 2 is 0.518 bits per heavy atom. The molecule has 0 N–H and O–H groups in total. The molecule has 0 aliphatic rings. The second-order valence-corrected chi connectivity index (χ2v) is 32.4. The molecule has 0 fully saturated rings. The average molecular weight is 1130 g/mol. The zero-order valence-corrected chi connectivity index (χ0v) is 42.6. The summed E-state index contributed by atoms with van der Waals surface area (Å²) in [7, 11) is 0. The molecule has 0 saturated carbocycles. The fourth-order valence-corrected chi connectivity index (χ4v) is 10.6. The van der Waals surface area contributed by atoms with E-state index in [0.717, 1.165) is 0 Å². The molecular weight excluding hydrogens is 1080 g/mol. The van der Waals surface area contributed by atoms with Crippen molar-refractivity contribution in [3.05, 3.63) is 231 Å². The minimum absolute atomic E-state index is 0. The van der Waals surface area contributed by atoms with Crippen molar-refractivity contribution >= 4 is 89.3 Å². The van der Waals surface area contributed by atoms with E-state index >= 15 is 0 Å². The van der Waals surface area contributed by atoms with E-state index in [2.05, 4.69) is 244 Å². The number of fused-ring (bicyclic) bond motifs is 4. The second kappa shape index (κ2) is 26.4. The summed E-state index contributed by atoms with van der Waals surface area (Å²) in [5.41, 5.74) is -0.147. The molecule has 10 aromatic carbocycles. The first-order valence-electron chi connectivity index (χ1n) is 18.1. The van der Waals surface area contributed by atoms with Crippen molar-refractivity contribution in [3.8, 4) is 0 Å². The summed E-state index contributed by atoms with van der Waals surface area (Å²) >= 11 is 2.72. The van der Waals surface area contributed by atoms with Crippen LogP contribution in [0.3, 0.4) is 0 Å².